The Balaban J connectivity index is 0.000000240. The Bertz CT molecular complexity index is 2440. The van der Waals surface area contributed by atoms with Gasteiger partial charge in [0.1, 0.15) is 0 Å². The first kappa shape index (κ1) is 41.9. The molecule has 0 aliphatic carbocycles. The first-order chi connectivity index (χ1) is 26.8. The molecule has 0 aliphatic rings. The fraction of sp³-hybridized carbons (Fsp3) is 0.256. The van der Waals surface area contributed by atoms with Gasteiger partial charge in [0.15, 0.2) is 47.4 Å². The van der Waals surface area contributed by atoms with Crippen molar-refractivity contribution in [3.8, 4) is 23.0 Å². The molecule has 0 unspecified atom stereocenters. The molecule has 0 saturated heterocycles. The summed E-state index contributed by atoms with van der Waals surface area (Å²) in [5.41, 5.74) is 7.66. The van der Waals surface area contributed by atoms with Gasteiger partial charge in [0.25, 0.3) is 5.91 Å². The first-order valence-electron chi connectivity index (χ1n) is 17.0. The fourth-order valence-electron chi connectivity index (χ4n) is 5.32. The van der Waals surface area contributed by atoms with Crippen LogP contribution in [0.5, 0.6) is 23.0 Å². The van der Waals surface area contributed by atoms with Gasteiger partial charge in [0.2, 0.25) is 0 Å². The Hall–Kier alpha value is -6.85. The van der Waals surface area contributed by atoms with Crippen LogP contribution in [0.15, 0.2) is 91.2 Å². The lowest BCUT2D eigenvalue weighted by atomic mass is 10.2. The molecule has 56 heavy (non-hydrogen) atoms. The fourth-order valence-corrected chi connectivity index (χ4v) is 5.32. The number of rotatable bonds is 12. The van der Waals surface area contributed by atoms with E-state index < -0.39 is 29.4 Å². The van der Waals surface area contributed by atoms with E-state index in [1.807, 2.05) is 43.5 Å². The van der Waals surface area contributed by atoms with Crippen LogP contribution >= 0.6 is 0 Å². The maximum absolute atomic E-state index is 12.3. The number of carbonyl (C=O) groups is 3. The van der Waals surface area contributed by atoms with Crippen molar-refractivity contribution in [2.75, 3.05) is 26.9 Å². The van der Waals surface area contributed by atoms with E-state index in [0.717, 1.165) is 18.2 Å². The number of ether oxygens (including phenoxy) is 4. The summed E-state index contributed by atoms with van der Waals surface area (Å²) in [7, 11) is 1.00. The van der Waals surface area contributed by atoms with E-state index in [9.17, 15) is 29.1 Å². The number of phenolic OH excluding ortho intramolecular Hbond substituents is 1. The zero-order valence-electron chi connectivity index (χ0n) is 31.3. The molecule has 17 heteroatoms. The summed E-state index contributed by atoms with van der Waals surface area (Å²) in [5.74, 6) is 2.79. The molecule has 6 rings (SSSR count). The van der Waals surface area contributed by atoms with Gasteiger partial charge in [-0.25, -0.2) is 20.2 Å². The smallest absolute Gasteiger partial charge is 0.420 e. The summed E-state index contributed by atoms with van der Waals surface area (Å²) in [6.07, 6.45) is 0. The molecule has 5 N–H and O–H groups in total. The number of aromatic hydroxyl groups is 1. The molecule has 0 radical (unpaired) electrons. The number of carbonyl (C=O) groups excluding carboxylic acids is 3. The summed E-state index contributed by atoms with van der Waals surface area (Å²) < 4.78 is 34.1. The number of aryl methyl sites for hydroxylation is 2. The van der Waals surface area contributed by atoms with Gasteiger partial charge >= 0.3 is 23.5 Å². The standard InChI is InChI=1S/C21H21NO7.C17H17N3O5.CH4O/c1-4-26-20(24)12-27-18-8-6-15(10-19(18)28-14(3)23)11-22-16-9-13(2)5-7-17(16)29-21(22)25;1-10-2-4-14-12(6-10)20(17(23)25-14)8-11-3-5-15(13(21)7-11)24-9-16(22)19-18;1-2/h5-10H,4,11-12H2,1-3H3;2-7,21H,8-9,18H2,1H3,(H,19,22);2H,1H3. The van der Waals surface area contributed by atoms with Crippen molar-refractivity contribution in [2.24, 2.45) is 5.84 Å². The van der Waals surface area contributed by atoms with E-state index in [4.69, 9.17) is 38.7 Å². The highest BCUT2D eigenvalue weighted by Crippen LogP contribution is 2.30. The number of oxazole rings is 2. The monoisotopic (exact) mass is 774 g/mol. The number of fused-ring (bicyclic) bond motifs is 2. The number of hydrazine groups is 1. The van der Waals surface area contributed by atoms with Crippen molar-refractivity contribution in [2.45, 2.75) is 40.8 Å². The predicted molar refractivity (Wildman–Crippen MR) is 203 cm³/mol. The van der Waals surface area contributed by atoms with E-state index in [1.165, 1.54) is 28.2 Å². The highest BCUT2D eigenvalue weighted by Gasteiger charge is 2.16. The number of aliphatic hydroxyl groups excluding tert-OH is 1. The highest BCUT2D eigenvalue weighted by molar-refractivity contribution is 5.77. The molecule has 0 aliphatic heterocycles. The lowest BCUT2D eigenvalue weighted by molar-refractivity contribution is -0.145. The second-order valence-electron chi connectivity index (χ2n) is 12.0. The summed E-state index contributed by atoms with van der Waals surface area (Å²) in [6.45, 7) is 6.87. The average Bonchev–Trinajstić information content (AvgIpc) is 3.64. The van der Waals surface area contributed by atoms with Crippen molar-refractivity contribution < 1.29 is 52.4 Å². The van der Waals surface area contributed by atoms with Crippen molar-refractivity contribution in [3.05, 3.63) is 116 Å². The van der Waals surface area contributed by atoms with Crippen LogP contribution in [0.1, 0.15) is 36.1 Å². The van der Waals surface area contributed by atoms with Crippen molar-refractivity contribution in [3.63, 3.8) is 0 Å². The number of nitrogens with zero attached hydrogens (tertiary/aromatic N) is 2. The van der Waals surface area contributed by atoms with Crippen LogP contribution in [0.25, 0.3) is 22.2 Å². The molecule has 17 nitrogen and oxygen atoms in total. The molecule has 0 atom stereocenters. The third-order valence-electron chi connectivity index (χ3n) is 7.78. The second kappa shape index (κ2) is 19.5. The van der Waals surface area contributed by atoms with Gasteiger partial charge in [-0.3, -0.25) is 24.1 Å². The van der Waals surface area contributed by atoms with Crippen LogP contribution in [0.3, 0.4) is 0 Å². The maximum atomic E-state index is 12.3. The Morgan fingerprint density at radius 1 is 0.732 bits per heavy atom. The van der Waals surface area contributed by atoms with Gasteiger partial charge in [0, 0.05) is 14.0 Å². The summed E-state index contributed by atoms with van der Waals surface area (Å²) in [5, 5.41) is 17.0. The number of benzene rings is 4. The number of hydrogen-bond acceptors (Lipinski definition) is 14. The number of hydrogen-bond donors (Lipinski definition) is 4. The molecule has 6 aromatic rings. The topological polar surface area (TPSA) is 237 Å². The molecular weight excluding hydrogens is 732 g/mol. The highest BCUT2D eigenvalue weighted by atomic mass is 16.6. The molecule has 0 spiro atoms. The zero-order chi connectivity index (χ0) is 40.9. The molecule has 4 aromatic carbocycles. The van der Waals surface area contributed by atoms with Crippen LogP contribution < -0.4 is 37.0 Å². The normalized spacial score (nSPS) is 10.5. The molecule has 2 aromatic heterocycles. The Labute approximate surface area is 319 Å². The number of esters is 2. The number of aliphatic hydroxyl groups is 1. The van der Waals surface area contributed by atoms with Gasteiger partial charge in [-0.05, 0) is 91.6 Å². The third kappa shape index (κ3) is 10.9. The minimum atomic E-state index is -0.537. The van der Waals surface area contributed by atoms with E-state index in [0.29, 0.717) is 33.3 Å². The van der Waals surface area contributed by atoms with Crippen molar-refractivity contribution in [1.29, 1.82) is 0 Å². The van der Waals surface area contributed by atoms with Gasteiger partial charge in [0.05, 0.1) is 30.7 Å². The summed E-state index contributed by atoms with van der Waals surface area (Å²) in [6, 6.07) is 20.5. The summed E-state index contributed by atoms with van der Waals surface area (Å²) >= 11 is 0. The largest absolute Gasteiger partial charge is 0.504 e. The molecule has 2 heterocycles. The zero-order valence-corrected chi connectivity index (χ0v) is 31.3. The van der Waals surface area contributed by atoms with Crippen molar-refractivity contribution in [1.82, 2.24) is 14.6 Å². The Morgan fingerprint density at radius 3 is 1.75 bits per heavy atom. The molecule has 0 saturated carbocycles. The minimum Gasteiger partial charge on any atom is -0.504 e. The van der Waals surface area contributed by atoms with Gasteiger partial charge < -0.3 is 38.0 Å². The summed E-state index contributed by atoms with van der Waals surface area (Å²) in [4.78, 5) is 58.4. The van der Waals surface area contributed by atoms with E-state index in [2.05, 4.69) is 0 Å². The van der Waals surface area contributed by atoms with Gasteiger partial charge in [-0.1, -0.05) is 24.3 Å². The van der Waals surface area contributed by atoms with Crippen LogP contribution in [0.4, 0.5) is 0 Å². The minimum absolute atomic E-state index is 0.139. The van der Waals surface area contributed by atoms with Gasteiger partial charge in [-0.15, -0.1) is 0 Å². The Kier molecular flexibility index (Phi) is 14.6. The molecule has 1 amide bonds. The Morgan fingerprint density at radius 2 is 1.25 bits per heavy atom. The molecule has 296 valence electrons. The molecular formula is C39H42N4O13. The van der Waals surface area contributed by atoms with E-state index >= 15 is 0 Å². The van der Waals surface area contributed by atoms with E-state index in [1.54, 1.807) is 43.3 Å². The van der Waals surface area contributed by atoms with Gasteiger partial charge in [-0.2, -0.15) is 0 Å². The van der Waals surface area contributed by atoms with Crippen LogP contribution in [0.2, 0.25) is 0 Å². The van der Waals surface area contributed by atoms with Crippen LogP contribution in [-0.2, 0) is 32.2 Å². The maximum Gasteiger partial charge on any atom is 0.420 e. The number of aromatic nitrogens is 2. The third-order valence-corrected chi connectivity index (χ3v) is 7.78. The van der Waals surface area contributed by atoms with Crippen molar-refractivity contribution >= 4 is 40.0 Å². The number of phenols is 1. The number of nitrogens with two attached hydrogens (primary N) is 1. The average molecular weight is 775 g/mol. The molecule has 0 fully saturated rings. The first-order valence-corrected chi connectivity index (χ1v) is 17.0. The van der Waals surface area contributed by atoms with Crippen LogP contribution in [-0.4, -0.2) is 64.1 Å². The second-order valence-corrected chi connectivity index (χ2v) is 12.0. The lowest BCUT2D eigenvalue weighted by Gasteiger charge is -2.12. The lowest BCUT2D eigenvalue weighted by Crippen LogP contribution is -2.34. The number of nitrogens with one attached hydrogen (secondary N) is 1. The predicted octanol–water partition coefficient (Wildman–Crippen LogP) is 3.45. The number of amides is 1. The molecule has 0 bridgehead atoms. The SMILES string of the molecule is CCOC(=O)COc1ccc(Cn2c(=O)oc3ccc(C)cc32)cc1OC(C)=O.CO.Cc1ccc2oc(=O)n(Cc3ccc(OCC(=O)NN)c(O)c3)c2c1. The van der Waals surface area contributed by atoms with E-state index in [-0.39, 0.29) is 55.9 Å². The van der Waals surface area contributed by atoms with Crippen LogP contribution in [0, 0.1) is 13.8 Å². The quantitative estimate of drug-likeness (QED) is 0.0458.